The number of H-pyrrole nitrogens is 1. The van der Waals surface area contributed by atoms with Crippen LogP contribution in [0.15, 0.2) is 65.0 Å². The van der Waals surface area contributed by atoms with Crippen LogP contribution in [0.4, 0.5) is 10.1 Å². The number of benzene rings is 1. The van der Waals surface area contributed by atoms with E-state index in [0.717, 1.165) is 47.2 Å². The molecule has 0 aliphatic heterocycles. The number of anilines is 1. The van der Waals surface area contributed by atoms with E-state index in [0.29, 0.717) is 21.4 Å². The summed E-state index contributed by atoms with van der Waals surface area (Å²) in [6.45, 7) is 6.04. The average Bonchev–Trinajstić information content (AvgIpc) is 3.17. The molecule has 31 heavy (non-hydrogen) atoms. The second-order valence-corrected chi connectivity index (χ2v) is 8.34. The maximum absolute atomic E-state index is 13.6. The molecule has 3 aromatic rings. The lowest BCUT2D eigenvalue weighted by Crippen LogP contribution is -2.15. The zero-order valence-corrected chi connectivity index (χ0v) is 19.2. The van der Waals surface area contributed by atoms with Crippen LogP contribution in [0, 0.1) is 0 Å². The van der Waals surface area contributed by atoms with Crippen molar-refractivity contribution in [2.45, 2.75) is 13.3 Å². The van der Waals surface area contributed by atoms with Crippen LogP contribution in [-0.2, 0) is 6.42 Å². The Kier molecular flexibility index (Phi) is 7.84. The predicted molar refractivity (Wildman–Crippen MR) is 129 cm³/mol. The summed E-state index contributed by atoms with van der Waals surface area (Å²) < 4.78 is 16.7. The first kappa shape index (κ1) is 23.0. The normalized spacial score (nSPS) is 12.6. The fourth-order valence-corrected chi connectivity index (χ4v) is 3.52. The standard InChI is InChI=1S/C22H24ClFN6S/c1-5-16(23)12-20(14(2)24)31-29-17-8-6-15(7-9-17)21-25-13-18-19(10-11-30(3)4)27-28-22(18)26-21/h5-9,12-13,29H,2,10-11H2,1,3-4H3,(H,25,26,27,28)/b16-5+,20-12+. The molecule has 0 aliphatic carbocycles. The predicted octanol–water partition coefficient (Wildman–Crippen LogP) is 5.69. The van der Waals surface area contributed by atoms with Crippen molar-refractivity contribution in [3.05, 3.63) is 70.7 Å². The van der Waals surface area contributed by atoms with Crippen molar-refractivity contribution in [3.63, 3.8) is 0 Å². The van der Waals surface area contributed by atoms with E-state index in [1.165, 1.54) is 6.08 Å². The molecule has 3 rings (SSSR count). The third kappa shape index (κ3) is 6.16. The molecule has 2 N–H and O–H groups in total. The van der Waals surface area contributed by atoms with Gasteiger partial charge in [-0.25, -0.2) is 14.4 Å². The molecular formula is C22H24ClFN6S. The zero-order valence-electron chi connectivity index (χ0n) is 17.6. The summed E-state index contributed by atoms with van der Waals surface area (Å²) in [6.07, 6.45) is 5.87. The molecule has 0 unspecified atom stereocenters. The van der Waals surface area contributed by atoms with Crippen LogP contribution in [0.25, 0.3) is 22.4 Å². The number of aromatic amines is 1. The lowest BCUT2D eigenvalue weighted by atomic mass is 10.2. The van der Waals surface area contributed by atoms with Crippen LogP contribution in [-0.4, -0.2) is 45.7 Å². The van der Waals surface area contributed by atoms with E-state index >= 15 is 0 Å². The van der Waals surface area contributed by atoms with Gasteiger partial charge in [0, 0.05) is 41.1 Å². The number of fused-ring (bicyclic) bond motifs is 1. The number of allylic oxidation sites excluding steroid dienone is 4. The largest absolute Gasteiger partial charge is 0.326 e. The highest BCUT2D eigenvalue weighted by atomic mass is 35.5. The van der Waals surface area contributed by atoms with E-state index in [1.54, 1.807) is 13.0 Å². The summed E-state index contributed by atoms with van der Waals surface area (Å²) in [7, 11) is 4.07. The Morgan fingerprint density at radius 3 is 2.71 bits per heavy atom. The number of hydrogen-bond acceptors (Lipinski definition) is 6. The van der Waals surface area contributed by atoms with E-state index in [-0.39, 0.29) is 0 Å². The second kappa shape index (κ2) is 10.6. The van der Waals surface area contributed by atoms with Crippen molar-refractivity contribution in [2.24, 2.45) is 0 Å². The van der Waals surface area contributed by atoms with Crippen LogP contribution >= 0.6 is 23.5 Å². The van der Waals surface area contributed by atoms with Gasteiger partial charge in [-0.05, 0) is 63.3 Å². The Hall–Kier alpha value is -2.68. The van der Waals surface area contributed by atoms with Crippen LogP contribution in [0.1, 0.15) is 12.6 Å². The molecule has 0 atom stereocenters. The van der Waals surface area contributed by atoms with Gasteiger partial charge < -0.3 is 9.62 Å². The topological polar surface area (TPSA) is 69.7 Å². The van der Waals surface area contributed by atoms with Gasteiger partial charge in [0.1, 0.15) is 5.83 Å². The number of nitrogens with one attached hydrogen (secondary N) is 2. The average molecular weight is 459 g/mol. The first-order valence-electron chi connectivity index (χ1n) is 9.63. The molecule has 9 heteroatoms. The van der Waals surface area contributed by atoms with Crippen LogP contribution in [0.2, 0.25) is 0 Å². The first-order chi connectivity index (χ1) is 14.9. The first-order valence-corrected chi connectivity index (χ1v) is 10.8. The van der Waals surface area contributed by atoms with Gasteiger partial charge in [0.2, 0.25) is 0 Å². The summed E-state index contributed by atoms with van der Waals surface area (Å²) >= 11 is 7.06. The minimum absolute atomic E-state index is 0.310. The molecule has 6 nitrogen and oxygen atoms in total. The molecule has 162 valence electrons. The fourth-order valence-electron chi connectivity index (χ4n) is 2.69. The number of nitrogens with zero attached hydrogens (tertiary/aromatic N) is 4. The maximum atomic E-state index is 13.6. The van der Waals surface area contributed by atoms with E-state index in [1.807, 2.05) is 44.6 Å². The van der Waals surface area contributed by atoms with Gasteiger partial charge >= 0.3 is 0 Å². The van der Waals surface area contributed by atoms with Crippen molar-refractivity contribution >= 4 is 40.3 Å². The highest BCUT2D eigenvalue weighted by Crippen LogP contribution is 2.29. The molecule has 0 spiro atoms. The molecule has 1 aromatic carbocycles. The molecule has 0 amide bonds. The third-order valence-corrected chi connectivity index (χ3v) is 5.66. The molecule has 0 saturated carbocycles. The lowest BCUT2D eigenvalue weighted by Gasteiger charge is -2.08. The molecule has 0 radical (unpaired) electrons. The monoisotopic (exact) mass is 458 g/mol. The molecule has 2 heterocycles. The lowest BCUT2D eigenvalue weighted by molar-refractivity contribution is 0.412. The zero-order chi connectivity index (χ0) is 22.4. The summed E-state index contributed by atoms with van der Waals surface area (Å²) in [5.41, 5.74) is 3.33. The van der Waals surface area contributed by atoms with E-state index < -0.39 is 5.83 Å². The minimum atomic E-state index is -0.556. The number of hydrogen-bond donors (Lipinski definition) is 2. The molecule has 0 saturated heterocycles. The molecule has 0 bridgehead atoms. The Morgan fingerprint density at radius 1 is 1.32 bits per heavy atom. The second-order valence-electron chi connectivity index (χ2n) is 7.05. The van der Waals surface area contributed by atoms with Gasteiger partial charge in [-0.1, -0.05) is 24.3 Å². The maximum Gasteiger partial charge on any atom is 0.184 e. The highest BCUT2D eigenvalue weighted by Gasteiger charge is 2.10. The Labute approximate surface area is 190 Å². The van der Waals surface area contributed by atoms with Crippen molar-refractivity contribution < 1.29 is 4.39 Å². The molecule has 0 fully saturated rings. The van der Waals surface area contributed by atoms with Crippen molar-refractivity contribution in [2.75, 3.05) is 25.4 Å². The van der Waals surface area contributed by atoms with E-state index in [2.05, 4.69) is 36.4 Å². The van der Waals surface area contributed by atoms with Gasteiger partial charge in [0.15, 0.2) is 11.5 Å². The fraction of sp³-hybridized carbons (Fsp3) is 0.227. The highest BCUT2D eigenvalue weighted by molar-refractivity contribution is 8.04. The summed E-state index contributed by atoms with van der Waals surface area (Å²) in [5, 5.41) is 8.76. The van der Waals surface area contributed by atoms with Crippen LogP contribution < -0.4 is 4.72 Å². The van der Waals surface area contributed by atoms with Gasteiger partial charge in [-0.2, -0.15) is 5.10 Å². The van der Waals surface area contributed by atoms with Crippen molar-refractivity contribution in [1.82, 2.24) is 25.1 Å². The summed E-state index contributed by atoms with van der Waals surface area (Å²) in [5.74, 6) is 0.0368. The minimum Gasteiger partial charge on any atom is -0.326 e. The van der Waals surface area contributed by atoms with Gasteiger partial charge in [-0.15, -0.1) is 0 Å². The molecule has 2 aromatic heterocycles. The van der Waals surface area contributed by atoms with Crippen molar-refractivity contribution in [1.29, 1.82) is 0 Å². The van der Waals surface area contributed by atoms with E-state index in [9.17, 15) is 4.39 Å². The number of likely N-dealkylation sites (N-methyl/N-ethyl adjacent to an activating group) is 1. The van der Waals surface area contributed by atoms with Gasteiger partial charge in [0.25, 0.3) is 0 Å². The summed E-state index contributed by atoms with van der Waals surface area (Å²) in [6, 6.07) is 7.55. The summed E-state index contributed by atoms with van der Waals surface area (Å²) in [4.78, 5) is 11.5. The number of halogens is 2. The Morgan fingerprint density at radius 2 is 2.06 bits per heavy atom. The third-order valence-electron chi connectivity index (χ3n) is 4.43. The Bertz CT molecular complexity index is 1120. The van der Waals surface area contributed by atoms with Crippen LogP contribution in [0.5, 0.6) is 0 Å². The smallest absolute Gasteiger partial charge is 0.184 e. The quantitative estimate of drug-likeness (QED) is 0.317. The number of aromatic nitrogens is 4. The van der Waals surface area contributed by atoms with Crippen molar-refractivity contribution in [3.8, 4) is 11.4 Å². The SMILES string of the molecule is C=C(F)/C(=C\C(Cl)=C/C)SNc1ccc(-c2ncc3c(CCN(C)C)[nH]nc3n2)cc1. The van der Waals surface area contributed by atoms with Crippen LogP contribution in [0.3, 0.4) is 0 Å². The molecule has 0 aliphatic rings. The Balaban J connectivity index is 1.71. The van der Waals surface area contributed by atoms with Gasteiger partial charge in [-0.3, -0.25) is 5.10 Å². The molecular weight excluding hydrogens is 435 g/mol. The number of rotatable bonds is 9. The van der Waals surface area contributed by atoms with Gasteiger partial charge in [0.05, 0.1) is 10.3 Å². The van der Waals surface area contributed by atoms with E-state index in [4.69, 9.17) is 11.6 Å².